The molecule has 3 aromatic heterocycles. The molecule has 0 bridgehead atoms. The third kappa shape index (κ3) is 5.79. The highest BCUT2D eigenvalue weighted by molar-refractivity contribution is 5.94. The zero-order chi connectivity index (χ0) is 26.8. The molecular formula is C30H40N8O. The molecule has 6 rings (SSSR count). The van der Waals surface area contributed by atoms with E-state index in [1.54, 1.807) is 10.9 Å². The van der Waals surface area contributed by atoms with Gasteiger partial charge in [0.05, 0.1) is 30.1 Å². The molecule has 0 unspecified atom stereocenters. The molecule has 1 saturated heterocycles. The van der Waals surface area contributed by atoms with Gasteiger partial charge < -0.3 is 15.0 Å². The van der Waals surface area contributed by atoms with E-state index in [9.17, 15) is 0 Å². The molecule has 9 nitrogen and oxygen atoms in total. The molecule has 1 saturated carbocycles. The van der Waals surface area contributed by atoms with Crippen LogP contribution in [0.2, 0.25) is 0 Å². The van der Waals surface area contributed by atoms with E-state index in [0.29, 0.717) is 6.04 Å². The minimum atomic E-state index is 0.221. The number of benzene rings is 1. The third-order valence-corrected chi connectivity index (χ3v) is 8.15. The lowest BCUT2D eigenvalue weighted by Gasteiger charge is -2.32. The molecule has 4 heterocycles. The van der Waals surface area contributed by atoms with Gasteiger partial charge in [-0.3, -0.25) is 14.3 Å². The number of hydrogen-bond donors (Lipinski definition) is 1. The van der Waals surface area contributed by atoms with Crippen molar-refractivity contribution >= 4 is 16.7 Å². The lowest BCUT2D eigenvalue weighted by atomic mass is 9.93. The van der Waals surface area contributed by atoms with Gasteiger partial charge in [0.25, 0.3) is 0 Å². The average molecular weight is 529 g/mol. The number of rotatable bonds is 8. The first kappa shape index (κ1) is 25.8. The highest BCUT2D eigenvalue weighted by Gasteiger charge is 2.27. The highest BCUT2D eigenvalue weighted by Crippen LogP contribution is 2.36. The Morgan fingerprint density at radius 3 is 2.44 bits per heavy atom. The van der Waals surface area contributed by atoms with Crippen LogP contribution in [0.1, 0.15) is 44.2 Å². The van der Waals surface area contributed by atoms with E-state index >= 15 is 0 Å². The van der Waals surface area contributed by atoms with Crippen molar-refractivity contribution in [3.05, 3.63) is 54.5 Å². The van der Waals surface area contributed by atoms with E-state index in [1.807, 2.05) is 19.4 Å². The van der Waals surface area contributed by atoms with E-state index in [2.05, 4.69) is 69.2 Å². The van der Waals surface area contributed by atoms with Crippen molar-refractivity contribution in [2.45, 2.75) is 51.3 Å². The molecule has 2 aliphatic rings. The highest BCUT2D eigenvalue weighted by atomic mass is 16.5. The van der Waals surface area contributed by atoms with Gasteiger partial charge >= 0.3 is 0 Å². The Morgan fingerprint density at radius 1 is 0.974 bits per heavy atom. The number of piperazine rings is 1. The Labute approximate surface area is 230 Å². The Bertz CT molecular complexity index is 1380. The van der Waals surface area contributed by atoms with Crippen LogP contribution in [0.25, 0.3) is 22.2 Å². The first-order valence-electron chi connectivity index (χ1n) is 14.3. The van der Waals surface area contributed by atoms with Crippen LogP contribution in [0.15, 0.2) is 48.9 Å². The second-order valence-corrected chi connectivity index (χ2v) is 11.1. The summed E-state index contributed by atoms with van der Waals surface area (Å²) in [7, 11) is 4.12. The number of aryl methyl sites for hydroxylation is 1. The lowest BCUT2D eigenvalue weighted by molar-refractivity contribution is 0.131. The molecule has 0 spiro atoms. The SMILES string of the molecule is CCNc1cc2c(cn1)c(-c1ccc(CN3CCN(C)CC3)cc1)nn2[C@H]1CC[C@@H](Oc2cnn(C)c2)CC1. The zero-order valence-electron chi connectivity index (χ0n) is 23.4. The summed E-state index contributed by atoms with van der Waals surface area (Å²) in [5.41, 5.74) is 4.66. The summed E-state index contributed by atoms with van der Waals surface area (Å²) in [6, 6.07) is 11.5. The maximum Gasteiger partial charge on any atom is 0.157 e. The largest absolute Gasteiger partial charge is 0.487 e. The van der Waals surface area contributed by atoms with Crippen LogP contribution >= 0.6 is 0 Å². The van der Waals surface area contributed by atoms with E-state index in [4.69, 9.17) is 14.8 Å². The number of hydrogen-bond acceptors (Lipinski definition) is 7. The van der Waals surface area contributed by atoms with Gasteiger partial charge in [-0.05, 0) is 45.2 Å². The topological polar surface area (TPSA) is 76.3 Å². The molecule has 0 atom stereocenters. The summed E-state index contributed by atoms with van der Waals surface area (Å²) in [5.74, 6) is 1.75. The number of fused-ring (bicyclic) bond motifs is 1. The van der Waals surface area contributed by atoms with Crippen LogP contribution in [0.5, 0.6) is 5.75 Å². The van der Waals surface area contributed by atoms with Crippen molar-refractivity contribution in [2.75, 3.05) is 45.1 Å². The smallest absolute Gasteiger partial charge is 0.157 e. The second-order valence-electron chi connectivity index (χ2n) is 11.1. The zero-order valence-corrected chi connectivity index (χ0v) is 23.4. The molecule has 206 valence electrons. The van der Waals surface area contributed by atoms with Crippen molar-refractivity contribution in [2.24, 2.45) is 7.05 Å². The van der Waals surface area contributed by atoms with E-state index in [1.165, 1.54) is 5.56 Å². The fourth-order valence-corrected chi connectivity index (χ4v) is 5.89. The summed E-state index contributed by atoms with van der Waals surface area (Å²) >= 11 is 0. The van der Waals surface area contributed by atoms with Crippen molar-refractivity contribution in [1.29, 1.82) is 0 Å². The maximum absolute atomic E-state index is 6.21. The third-order valence-electron chi connectivity index (χ3n) is 8.15. The Balaban J connectivity index is 1.22. The van der Waals surface area contributed by atoms with Gasteiger partial charge in [0, 0.05) is 69.5 Å². The normalized spacial score (nSPS) is 20.9. The summed E-state index contributed by atoms with van der Waals surface area (Å²) < 4.78 is 10.2. The van der Waals surface area contributed by atoms with Crippen LogP contribution < -0.4 is 10.1 Å². The van der Waals surface area contributed by atoms with E-state index in [-0.39, 0.29) is 6.10 Å². The predicted molar refractivity (Wildman–Crippen MR) is 155 cm³/mol. The number of aromatic nitrogens is 5. The molecule has 0 amide bonds. The van der Waals surface area contributed by atoms with Crippen molar-refractivity contribution < 1.29 is 4.74 Å². The van der Waals surface area contributed by atoms with Crippen molar-refractivity contribution in [3.63, 3.8) is 0 Å². The molecule has 1 aliphatic heterocycles. The van der Waals surface area contributed by atoms with Gasteiger partial charge in [0.2, 0.25) is 0 Å². The number of pyridine rings is 1. The molecule has 1 aromatic carbocycles. The van der Waals surface area contributed by atoms with E-state index in [0.717, 1.165) is 98.7 Å². The van der Waals surface area contributed by atoms with Gasteiger partial charge in [-0.15, -0.1) is 0 Å². The predicted octanol–water partition coefficient (Wildman–Crippen LogP) is 4.57. The molecular weight excluding hydrogens is 488 g/mol. The first-order chi connectivity index (χ1) is 19.1. The number of likely N-dealkylation sites (N-methyl/N-ethyl adjacent to an activating group) is 1. The van der Waals surface area contributed by atoms with Crippen LogP contribution in [-0.2, 0) is 13.6 Å². The maximum atomic E-state index is 6.21. The molecule has 2 fully saturated rings. The van der Waals surface area contributed by atoms with Crippen LogP contribution in [-0.4, -0.2) is 80.2 Å². The Morgan fingerprint density at radius 2 is 1.74 bits per heavy atom. The summed E-state index contributed by atoms with van der Waals surface area (Å²) in [6.45, 7) is 8.47. The molecule has 0 radical (unpaired) electrons. The second kappa shape index (κ2) is 11.4. The Kier molecular flexibility index (Phi) is 7.52. The van der Waals surface area contributed by atoms with Gasteiger partial charge in [0.15, 0.2) is 5.75 Å². The summed E-state index contributed by atoms with van der Waals surface area (Å²) in [5, 5.41) is 13.9. The van der Waals surface area contributed by atoms with Crippen LogP contribution in [0, 0.1) is 0 Å². The molecule has 9 heteroatoms. The quantitative estimate of drug-likeness (QED) is 0.359. The number of ether oxygens (including phenoxy) is 1. The van der Waals surface area contributed by atoms with Gasteiger partial charge in [0.1, 0.15) is 11.5 Å². The van der Waals surface area contributed by atoms with Gasteiger partial charge in [-0.25, -0.2) is 4.98 Å². The monoisotopic (exact) mass is 528 g/mol. The van der Waals surface area contributed by atoms with Crippen molar-refractivity contribution in [1.82, 2.24) is 34.3 Å². The lowest BCUT2D eigenvalue weighted by Crippen LogP contribution is -2.43. The number of nitrogens with zero attached hydrogens (tertiary/aromatic N) is 7. The summed E-state index contributed by atoms with van der Waals surface area (Å²) in [4.78, 5) is 9.64. The van der Waals surface area contributed by atoms with Crippen LogP contribution in [0.4, 0.5) is 5.82 Å². The van der Waals surface area contributed by atoms with Crippen LogP contribution in [0.3, 0.4) is 0 Å². The first-order valence-corrected chi connectivity index (χ1v) is 14.3. The van der Waals surface area contributed by atoms with Gasteiger partial charge in [-0.1, -0.05) is 24.3 Å². The fraction of sp³-hybridized carbons (Fsp3) is 0.500. The minimum absolute atomic E-state index is 0.221. The summed E-state index contributed by atoms with van der Waals surface area (Å²) in [6.07, 6.45) is 10.0. The average Bonchev–Trinajstić information content (AvgIpc) is 3.54. The van der Waals surface area contributed by atoms with E-state index < -0.39 is 0 Å². The molecule has 4 aromatic rings. The number of anilines is 1. The number of nitrogens with one attached hydrogen (secondary N) is 1. The van der Waals surface area contributed by atoms with Gasteiger partial charge in [-0.2, -0.15) is 10.2 Å². The standard InChI is InChI=1S/C30H40N8O/c1-4-31-29-17-28-27(19-32-29)30(23-7-5-22(6-8-23)20-37-15-13-35(2)14-16-37)34-38(28)24-9-11-25(12-10-24)39-26-18-33-36(3)21-26/h5-8,17-19,21,24-25H,4,9-16,20H2,1-3H3,(H,31,32)/t24-,25+. The molecule has 1 N–H and O–H groups in total. The van der Waals surface area contributed by atoms with Crippen molar-refractivity contribution in [3.8, 4) is 17.0 Å². The Hall–Kier alpha value is -3.43. The molecule has 39 heavy (non-hydrogen) atoms. The molecule has 1 aliphatic carbocycles. The minimum Gasteiger partial charge on any atom is -0.487 e. The fourth-order valence-electron chi connectivity index (χ4n) is 5.89.